The lowest BCUT2D eigenvalue weighted by atomic mass is 9.98. The Morgan fingerprint density at radius 2 is 1.75 bits per heavy atom. The van der Waals surface area contributed by atoms with Crippen molar-refractivity contribution in [2.45, 2.75) is 32.9 Å². The van der Waals surface area contributed by atoms with Crippen molar-refractivity contribution in [3.05, 3.63) is 82.3 Å². The van der Waals surface area contributed by atoms with Crippen molar-refractivity contribution >= 4 is 17.7 Å². The molecule has 0 saturated carbocycles. The summed E-state index contributed by atoms with van der Waals surface area (Å²) in [6, 6.07) is 15.2. The van der Waals surface area contributed by atoms with Crippen LogP contribution in [0.4, 0.5) is 10.5 Å². The van der Waals surface area contributed by atoms with Crippen molar-refractivity contribution in [2.75, 3.05) is 5.32 Å². The number of aromatic hydroxyl groups is 1. The second-order valence-corrected chi connectivity index (χ2v) is 7.37. The van der Waals surface area contributed by atoms with E-state index in [-0.39, 0.29) is 17.9 Å². The van der Waals surface area contributed by atoms with Crippen molar-refractivity contribution in [3.63, 3.8) is 0 Å². The van der Waals surface area contributed by atoms with E-state index in [1.807, 2.05) is 42.5 Å². The Morgan fingerprint density at radius 1 is 1.06 bits per heavy atom. The molecule has 3 aromatic rings. The minimum atomic E-state index is -1.09. The summed E-state index contributed by atoms with van der Waals surface area (Å²) in [6.07, 6.45) is 1.15. The number of benzene rings is 2. The molecular weight excluding hydrogens is 410 g/mol. The van der Waals surface area contributed by atoms with Gasteiger partial charge in [0.25, 0.3) is 5.56 Å². The lowest BCUT2D eigenvalue weighted by Crippen LogP contribution is -2.36. The van der Waals surface area contributed by atoms with E-state index in [4.69, 9.17) is 0 Å². The first-order chi connectivity index (χ1) is 15.3. The maximum atomic E-state index is 12.7. The maximum absolute atomic E-state index is 12.7. The number of carboxylic acids is 1. The van der Waals surface area contributed by atoms with Crippen molar-refractivity contribution in [2.24, 2.45) is 0 Å². The fourth-order valence-corrected chi connectivity index (χ4v) is 3.44. The van der Waals surface area contributed by atoms with Crippen molar-refractivity contribution in [1.82, 2.24) is 9.88 Å². The number of aromatic nitrogens is 1. The van der Waals surface area contributed by atoms with E-state index in [0.29, 0.717) is 17.7 Å². The molecule has 8 nitrogen and oxygen atoms in total. The minimum Gasteiger partial charge on any atom is -0.505 e. The summed E-state index contributed by atoms with van der Waals surface area (Å²) in [6.45, 7) is 3.75. The summed E-state index contributed by atoms with van der Waals surface area (Å²) < 4.78 is 1.36. The van der Waals surface area contributed by atoms with Gasteiger partial charge >= 0.3 is 12.0 Å². The molecule has 3 rings (SSSR count). The minimum absolute atomic E-state index is 0.253. The van der Waals surface area contributed by atoms with Gasteiger partial charge in [-0.15, -0.1) is 0 Å². The Hall–Kier alpha value is -4.07. The SMILES string of the molecule is CCn1cc(C)c(O)c(NC(=O)N[C@@H](CC(=O)O)c2cccc(-c3ccccc3)c2)c1=O. The summed E-state index contributed by atoms with van der Waals surface area (Å²) in [5.41, 5.74) is 2.06. The number of hydrogen-bond donors (Lipinski definition) is 4. The van der Waals surface area contributed by atoms with Gasteiger partial charge in [-0.3, -0.25) is 9.59 Å². The fourth-order valence-electron chi connectivity index (χ4n) is 3.44. The van der Waals surface area contributed by atoms with E-state index in [9.17, 15) is 24.6 Å². The van der Waals surface area contributed by atoms with E-state index < -0.39 is 23.6 Å². The molecule has 0 aliphatic rings. The third-order valence-electron chi connectivity index (χ3n) is 5.09. The highest BCUT2D eigenvalue weighted by Gasteiger charge is 2.21. The van der Waals surface area contributed by atoms with Gasteiger partial charge in [0.05, 0.1) is 12.5 Å². The summed E-state index contributed by atoms with van der Waals surface area (Å²) in [5.74, 6) is -1.41. The maximum Gasteiger partial charge on any atom is 0.319 e. The van der Waals surface area contributed by atoms with E-state index in [1.54, 1.807) is 26.0 Å². The third-order valence-corrected chi connectivity index (χ3v) is 5.09. The van der Waals surface area contributed by atoms with Gasteiger partial charge in [-0.25, -0.2) is 4.79 Å². The Morgan fingerprint density at radius 3 is 2.41 bits per heavy atom. The van der Waals surface area contributed by atoms with Crippen LogP contribution in [0.15, 0.2) is 65.6 Å². The van der Waals surface area contributed by atoms with E-state index in [0.717, 1.165) is 11.1 Å². The van der Waals surface area contributed by atoms with Crippen LogP contribution in [-0.4, -0.2) is 26.8 Å². The molecule has 166 valence electrons. The van der Waals surface area contributed by atoms with E-state index >= 15 is 0 Å². The second-order valence-electron chi connectivity index (χ2n) is 7.37. The van der Waals surface area contributed by atoms with Crippen LogP contribution in [0.1, 0.15) is 30.5 Å². The molecule has 1 atom stereocenters. The first-order valence-electron chi connectivity index (χ1n) is 10.2. The molecule has 0 spiro atoms. The van der Waals surface area contributed by atoms with Crippen LogP contribution >= 0.6 is 0 Å². The number of carbonyl (C=O) groups is 2. The normalized spacial score (nSPS) is 11.6. The number of aryl methyl sites for hydroxylation is 2. The molecule has 0 fully saturated rings. The monoisotopic (exact) mass is 435 g/mol. The smallest absolute Gasteiger partial charge is 0.319 e. The number of aliphatic carboxylic acids is 1. The molecule has 0 bridgehead atoms. The number of carboxylic acid groups (broad SMARTS) is 1. The molecule has 0 aliphatic carbocycles. The highest BCUT2D eigenvalue weighted by Crippen LogP contribution is 2.26. The summed E-state index contributed by atoms with van der Waals surface area (Å²) in [5, 5.41) is 24.6. The fraction of sp³-hybridized carbons (Fsp3) is 0.208. The molecule has 0 radical (unpaired) electrons. The van der Waals surface area contributed by atoms with E-state index in [1.165, 1.54) is 10.8 Å². The number of carbonyl (C=O) groups excluding carboxylic acids is 1. The highest BCUT2D eigenvalue weighted by atomic mass is 16.4. The lowest BCUT2D eigenvalue weighted by molar-refractivity contribution is -0.137. The number of urea groups is 1. The summed E-state index contributed by atoms with van der Waals surface area (Å²) in [4.78, 5) is 36.6. The zero-order valence-corrected chi connectivity index (χ0v) is 17.8. The molecular formula is C24H25N3O5. The predicted octanol–water partition coefficient (Wildman–Crippen LogP) is 3.89. The third kappa shape index (κ3) is 5.15. The topological polar surface area (TPSA) is 121 Å². The van der Waals surface area contributed by atoms with Crippen LogP contribution in [0.5, 0.6) is 5.75 Å². The Kier molecular flexibility index (Phi) is 6.94. The number of amides is 2. The quantitative estimate of drug-likeness (QED) is 0.449. The molecule has 0 aliphatic heterocycles. The second kappa shape index (κ2) is 9.82. The number of nitrogens with one attached hydrogen (secondary N) is 2. The number of pyridine rings is 1. The van der Waals surface area contributed by atoms with Gasteiger partial charge in [-0.2, -0.15) is 0 Å². The molecule has 8 heteroatoms. The van der Waals surface area contributed by atoms with Gasteiger partial charge in [0.15, 0.2) is 5.69 Å². The van der Waals surface area contributed by atoms with Gasteiger partial charge in [0.2, 0.25) is 0 Å². The predicted molar refractivity (Wildman–Crippen MR) is 122 cm³/mol. The first-order valence-corrected chi connectivity index (χ1v) is 10.2. The molecule has 4 N–H and O–H groups in total. The van der Waals surface area contributed by atoms with Gasteiger partial charge in [0, 0.05) is 18.3 Å². The average Bonchev–Trinajstić information content (AvgIpc) is 2.79. The first kappa shape index (κ1) is 22.6. The molecule has 32 heavy (non-hydrogen) atoms. The Balaban J connectivity index is 1.88. The summed E-state index contributed by atoms with van der Waals surface area (Å²) >= 11 is 0. The van der Waals surface area contributed by atoms with Gasteiger partial charge in [0.1, 0.15) is 5.75 Å². The zero-order valence-electron chi connectivity index (χ0n) is 17.8. The van der Waals surface area contributed by atoms with Crippen LogP contribution < -0.4 is 16.2 Å². The van der Waals surface area contributed by atoms with Crippen LogP contribution in [0, 0.1) is 6.92 Å². The standard InChI is InChI=1S/C24H25N3O5/c1-3-27-14-15(2)22(30)21(23(27)31)26-24(32)25-19(13-20(28)29)18-11-7-10-17(12-18)16-8-5-4-6-9-16/h4-12,14,19,30H,3,13H2,1-2H3,(H,28,29)(H2,25,26,32)/t19-/m0/s1. The summed E-state index contributed by atoms with van der Waals surface area (Å²) in [7, 11) is 0. The number of hydrogen-bond acceptors (Lipinski definition) is 4. The van der Waals surface area contributed by atoms with Gasteiger partial charge in [-0.1, -0.05) is 48.5 Å². The molecule has 2 amide bonds. The largest absolute Gasteiger partial charge is 0.505 e. The molecule has 0 unspecified atom stereocenters. The van der Waals surface area contributed by atoms with E-state index in [2.05, 4.69) is 10.6 Å². The Bertz CT molecular complexity index is 1190. The van der Waals surface area contributed by atoms with Crippen LogP contribution in [0.25, 0.3) is 11.1 Å². The highest BCUT2D eigenvalue weighted by molar-refractivity contribution is 5.91. The van der Waals surface area contributed by atoms with Crippen LogP contribution in [0.2, 0.25) is 0 Å². The van der Waals surface area contributed by atoms with Crippen molar-refractivity contribution in [3.8, 4) is 16.9 Å². The van der Waals surface area contributed by atoms with Gasteiger partial charge < -0.3 is 25.4 Å². The Labute approximate surface area is 185 Å². The number of nitrogens with zero attached hydrogens (tertiary/aromatic N) is 1. The lowest BCUT2D eigenvalue weighted by Gasteiger charge is -2.19. The van der Waals surface area contributed by atoms with Crippen LogP contribution in [0.3, 0.4) is 0 Å². The zero-order chi connectivity index (χ0) is 23.3. The van der Waals surface area contributed by atoms with Crippen LogP contribution in [-0.2, 0) is 11.3 Å². The molecule has 1 aromatic heterocycles. The van der Waals surface area contributed by atoms with Crippen molar-refractivity contribution < 1.29 is 19.8 Å². The molecule has 0 saturated heterocycles. The van der Waals surface area contributed by atoms with Crippen molar-refractivity contribution in [1.29, 1.82) is 0 Å². The van der Waals surface area contributed by atoms with Gasteiger partial charge in [-0.05, 0) is 36.6 Å². The molecule has 2 aromatic carbocycles. The molecule has 1 heterocycles. The average molecular weight is 435 g/mol. The number of rotatable bonds is 7. The number of anilines is 1.